The Balaban J connectivity index is 1.67. The topological polar surface area (TPSA) is 116 Å². The Morgan fingerprint density at radius 3 is 2.38 bits per heavy atom. The van der Waals surface area contributed by atoms with Crippen LogP contribution in [0.15, 0.2) is 72.8 Å². The fourth-order valence-electron chi connectivity index (χ4n) is 6.31. The lowest BCUT2D eigenvalue weighted by Crippen LogP contribution is -2.59. The second-order valence-electron chi connectivity index (χ2n) is 10.9. The molecule has 8 nitrogen and oxygen atoms in total. The summed E-state index contributed by atoms with van der Waals surface area (Å²) in [4.78, 5) is 30.4. The molecule has 0 spiro atoms. The minimum atomic E-state index is -3.59. The minimum Gasteiger partial charge on any atom is -0.394 e. The van der Waals surface area contributed by atoms with Gasteiger partial charge in [-0.3, -0.25) is 9.59 Å². The van der Waals surface area contributed by atoms with E-state index >= 15 is 0 Å². The van der Waals surface area contributed by atoms with Crippen molar-refractivity contribution in [3.05, 3.63) is 105 Å². The van der Waals surface area contributed by atoms with Gasteiger partial charge in [0, 0.05) is 27.7 Å². The molecule has 2 aliphatic rings. The first-order valence-corrected chi connectivity index (χ1v) is 16.5. The second kappa shape index (κ2) is 12.7. The molecule has 42 heavy (non-hydrogen) atoms. The van der Waals surface area contributed by atoms with Gasteiger partial charge in [-0.2, -0.15) is 0 Å². The number of halogens is 2. The van der Waals surface area contributed by atoms with Gasteiger partial charge in [0.2, 0.25) is 15.9 Å². The molecule has 1 heterocycles. The molecule has 5 rings (SSSR count). The summed E-state index contributed by atoms with van der Waals surface area (Å²) in [5.74, 6) is -1.63. The summed E-state index contributed by atoms with van der Waals surface area (Å²) < 4.78 is 27.5. The zero-order valence-corrected chi connectivity index (χ0v) is 25.4. The Labute approximate surface area is 256 Å². The maximum atomic E-state index is 14.4. The van der Waals surface area contributed by atoms with Gasteiger partial charge in [0.25, 0.3) is 5.91 Å². The zero-order chi connectivity index (χ0) is 30.0. The standard InChI is InChI=1S/C31H33Cl2N3O5S/c1-42(40,41)35-25-13-7-8-14-27(25)36-29(23-16-15-20(32)17-24(23)33)28(21-11-5-6-12-22(21)31(36)39)30(38)34-26(18-37)19-9-3-2-4-10-19/h2-6,9-12,15-17,25-29,35,37H,7-8,13-14,18H2,1H3,(H,34,38)/t25-,26+,27-,28+,29-/m0/s1. The first-order chi connectivity index (χ1) is 20.1. The molecule has 1 saturated carbocycles. The third kappa shape index (κ3) is 6.35. The fraction of sp³-hybridized carbons (Fsp3) is 0.355. The van der Waals surface area contributed by atoms with Gasteiger partial charge in [-0.25, -0.2) is 13.1 Å². The smallest absolute Gasteiger partial charge is 0.255 e. The number of nitrogens with zero attached hydrogens (tertiary/aromatic N) is 1. The number of amides is 2. The largest absolute Gasteiger partial charge is 0.394 e. The van der Waals surface area contributed by atoms with Crippen LogP contribution in [0.4, 0.5) is 0 Å². The molecule has 1 aliphatic carbocycles. The molecule has 0 aromatic heterocycles. The Bertz CT molecular complexity index is 1570. The SMILES string of the molecule is CS(=O)(=O)N[C@H]1CCCC[C@@H]1N1C(=O)c2ccccc2[C@@H](C(=O)N[C@H](CO)c2ccccc2)[C@@H]1c1ccc(Cl)cc1Cl. The summed E-state index contributed by atoms with van der Waals surface area (Å²) in [5.41, 5.74) is 2.15. The number of aliphatic hydroxyl groups is 1. The predicted octanol–water partition coefficient (Wildman–Crippen LogP) is 4.98. The molecule has 0 radical (unpaired) electrons. The molecular formula is C31H33Cl2N3O5S. The van der Waals surface area contributed by atoms with E-state index in [0.29, 0.717) is 34.6 Å². The number of sulfonamides is 1. The van der Waals surface area contributed by atoms with Gasteiger partial charge in [-0.1, -0.05) is 90.6 Å². The van der Waals surface area contributed by atoms with Crippen molar-refractivity contribution in [2.24, 2.45) is 0 Å². The highest BCUT2D eigenvalue weighted by Crippen LogP contribution is 2.48. The van der Waals surface area contributed by atoms with Gasteiger partial charge in [0.05, 0.1) is 30.9 Å². The summed E-state index contributed by atoms with van der Waals surface area (Å²) in [6.45, 7) is -0.331. The van der Waals surface area contributed by atoms with Crippen LogP contribution in [-0.4, -0.2) is 55.2 Å². The summed E-state index contributed by atoms with van der Waals surface area (Å²) in [6.07, 6.45) is 3.78. The van der Waals surface area contributed by atoms with Crippen LogP contribution < -0.4 is 10.0 Å². The fourth-order valence-corrected chi connectivity index (χ4v) is 7.65. The van der Waals surface area contributed by atoms with Crippen molar-refractivity contribution in [1.82, 2.24) is 14.9 Å². The quantitative estimate of drug-likeness (QED) is 0.325. The van der Waals surface area contributed by atoms with Gasteiger partial charge >= 0.3 is 0 Å². The van der Waals surface area contributed by atoms with Crippen molar-refractivity contribution < 1.29 is 23.1 Å². The van der Waals surface area contributed by atoms with E-state index in [0.717, 1.165) is 24.7 Å². The summed E-state index contributed by atoms with van der Waals surface area (Å²) in [5, 5.41) is 13.9. The van der Waals surface area contributed by atoms with E-state index in [2.05, 4.69) is 10.0 Å². The first-order valence-electron chi connectivity index (χ1n) is 13.9. The lowest BCUT2D eigenvalue weighted by atomic mass is 9.76. The number of carbonyl (C=O) groups is 2. The Hall–Kier alpha value is -2.95. The molecule has 5 atom stereocenters. The van der Waals surface area contributed by atoms with E-state index in [9.17, 15) is 23.1 Å². The van der Waals surface area contributed by atoms with Gasteiger partial charge in [0.15, 0.2) is 0 Å². The molecular weight excluding hydrogens is 597 g/mol. The van der Waals surface area contributed by atoms with Crippen LogP contribution in [0, 0.1) is 0 Å². The minimum absolute atomic E-state index is 0.285. The number of carbonyl (C=O) groups excluding carboxylic acids is 2. The van der Waals surface area contributed by atoms with Crippen molar-refractivity contribution in [3.63, 3.8) is 0 Å². The van der Waals surface area contributed by atoms with Crippen LogP contribution in [0.3, 0.4) is 0 Å². The number of hydrogen-bond donors (Lipinski definition) is 3. The highest BCUT2D eigenvalue weighted by molar-refractivity contribution is 7.88. The molecule has 0 bridgehead atoms. The summed E-state index contributed by atoms with van der Waals surface area (Å²) in [6, 6.07) is 18.4. The highest BCUT2D eigenvalue weighted by atomic mass is 35.5. The van der Waals surface area contributed by atoms with Crippen molar-refractivity contribution >= 4 is 45.0 Å². The summed E-state index contributed by atoms with van der Waals surface area (Å²) >= 11 is 13.0. The van der Waals surface area contributed by atoms with E-state index in [-0.39, 0.29) is 17.5 Å². The number of fused-ring (bicyclic) bond motifs is 1. The van der Waals surface area contributed by atoms with E-state index < -0.39 is 46.0 Å². The first kappa shape index (κ1) is 30.5. The molecule has 1 aliphatic heterocycles. The third-order valence-electron chi connectivity index (χ3n) is 8.09. The van der Waals surface area contributed by atoms with Crippen molar-refractivity contribution in [3.8, 4) is 0 Å². The average Bonchev–Trinajstić information content (AvgIpc) is 2.96. The predicted molar refractivity (Wildman–Crippen MR) is 163 cm³/mol. The monoisotopic (exact) mass is 629 g/mol. The number of rotatable bonds is 8. The van der Waals surface area contributed by atoms with E-state index in [4.69, 9.17) is 23.2 Å². The number of benzene rings is 3. The molecule has 2 amide bonds. The van der Waals surface area contributed by atoms with Crippen molar-refractivity contribution in [1.29, 1.82) is 0 Å². The maximum Gasteiger partial charge on any atom is 0.255 e. The summed E-state index contributed by atoms with van der Waals surface area (Å²) in [7, 11) is -3.59. The van der Waals surface area contributed by atoms with Gasteiger partial charge in [-0.15, -0.1) is 0 Å². The second-order valence-corrected chi connectivity index (χ2v) is 13.5. The zero-order valence-electron chi connectivity index (χ0n) is 23.0. The third-order valence-corrected chi connectivity index (χ3v) is 9.39. The lowest BCUT2D eigenvalue weighted by Gasteiger charge is -2.49. The van der Waals surface area contributed by atoms with Crippen LogP contribution in [0.25, 0.3) is 0 Å². The Morgan fingerprint density at radius 1 is 1.00 bits per heavy atom. The number of nitrogens with one attached hydrogen (secondary N) is 2. The molecule has 11 heteroatoms. The Morgan fingerprint density at radius 2 is 1.69 bits per heavy atom. The number of aliphatic hydroxyl groups excluding tert-OH is 1. The molecule has 3 aromatic carbocycles. The normalized spacial score (nSPS) is 23.2. The van der Waals surface area contributed by atoms with Crippen LogP contribution in [0.2, 0.25) is 10.0 Å². The van der Waals surface area contributed by atoms with E-state index in [1.54, 1.807) is 47.4 Å². The molecule has 222 valence electrons. The maximum absolute atomic E-state index is 14.4. The highest BCUT2D eigenvalue weighted by Gasteiger charge is 2.49. The average molecular weight is 631 g/mol. The van der Waals surface area contributed by atoms with E-state index in [1.165, 1.54) is 0 Å². The van der Waals surface area contributed by atoms with Crippen LogP contribution in [-0.2, 0) is 14.8 Å². The lowest BCUT2D eigenvalue weighted by molar-refractivity contribution is -0.125. The van der Waals surface area contributed by atoms with Gasteiger partial charge in [-0.05, 0) is 47.7 Å². The van der Waals surface area contributed by atoms with Gasteiger partial charge < -0.3 is 15.3 Å². The van der Waals surface area contributed by atoms with Crippen LogP contribution in [0.5, 0.6) is 0 Å². The molecule has 3 aromatic rings. The molecule has 0 unspecified atom stereocenters. The van der Waals surface area contributed by atoms with E-state index in [1.807, 2.05) is 30.3 Å². The molecule has 1 fully saturated rings. The van der Waals surface area contributed by atoms with Crippen molar-refractivity contribution in [2.75, 3.05) is 12.9 Å². The number of hydrogen-bond acceptors (Lipinski definition) is 5. The van der Waals surface area contributed by atoms with Crippen LogP contribution >= 0.6 is 23.2 Å². The molecule has 3 N–H and O–H groups in total. The van der Waals surface area contributed by atoms with Crippen molar-refractivity contribution in [2.45, 2.75) is 55.8 Å². The molecule has 0 saturated heterocycles. The Kier molecular flexibility index (Phi) is 9.25. The van der Waals surface area contributed by atoms with Crippen LogP contribution in [0.1, 0.15) is 70.7 Å². The van der Waals surface area contributed by atoms with Gasteiger partial charge in [0.1, 0.15) is 0 Å².